The van der Waals surface area contributed by atoms with E-state index in [1.165, 1.54) is 0 Å². The number of amides is 1. The van der Waals surface area contributed by atoms with Crippen LogP contribution in [0.25, 0.3) is 10.8 Å². The number of likely N-dealkylation sites (N-methyl/N-ethyl adjacent to an activating group) is 1. The molecule has 1 N–H and O–H groups in total. The third kappa shape index (κ3) is 3.25. The van der Waals surface area contributed by atoms with Crippen molar-refractivity contribution in [1.82, 2.24) is 0 Å². The molecule has 3 aromatic rings. The Kier molecular flexibility index (Phi) is 4.80. The highest BCUT2D eigenvalue weighted by Gasteiger charge is 2.21. The molecule has 0 aromatic heterocycles. The van der Waals surface area contributed by atoms with Crippen LogP contribution in [0, 0.1) is 0 Å². The van der Waals surface area contributed by atoms with E-state index in [9.17, 15) is 4.79 Å². The molecule has 0 unspecified atom stereocenters. The molecule has 122 valence electrons. The van der Waals surface area contributed by atoms with E-state index in [0.717, 1.165) is 22.1 Å². The molecule has 1 amide bonds. The Hall–Kier alpha value is -2.81. The number of nitrogens with zero attached hydrogens (tertiary/aromatic N) is 1. The van der Waals surface area contributed by atoms with E-state index in [1.54, 1.807) is 0 Å². The summed E-state index contributed by atoms with van der Waals surface area (Å²) in [4.78, 5) is 14.8. The Bertz CT molecular complexity index is 824. The number of hydrogen-bond donors (Lipinski definition) is 1. The van der Waals surface area contributed by atoms with Gasteiger partial charge in [-0.2, -0.15) is 0 Å². The lowest BCUT2D eigenvalue weighted by Gasteiger charge is -2.26. The number of carbonyl (C=O) groups excluding carboxylic acids is 1. The summed E-state index contributed by atoms with van der Waals surface area (Å²) >= 11 is 0. The number of para-hydroxylation sites is 1. The zero-order chi connectivity index (χ0) is 16.9. The Morgan fingerprint density at radius 1 is 0.958 bits per heavy atom. The Morgan fingerprint density at radius 2 is 1.62 bits per heavy atom. The first-order valence-electron chi connectivity index (χ1n) is 8.31. The van der Waals surface area contributed by atoms with E-state index in [2.05, 4.69) is 23.5 Å². The molecule has 0 heterocycles. The van der Waals surface area contributed by atoms with Crippen molar-refractivity contribution in [2.75, 3.05) is 16.8 Å². The largest absolute Gasteiger partial charge is 0.374 e. The Balaban J connectivity index is 1.88. The van der Waals surface area contributed by atoms with Gasteiger partial charge in [0, 0.05) is 17.6 Å². The number of fused-ring (bicyclic) bond motifs is 1. The highest BCUT2D eigenvalue weighted by molar-refractivity contribution is 6.06. The molecule has 24 heavy (non-hydrogen) atoms. The van der Waals surface area contributed by atoms with E-state index < -0.39 is 0 Å². The van der Waals surface area contributed by atoms with Gasteiger partial charge in [0.15, 0.2) is 0 Å². The van der Waals surface area contributed by atoms with Crippen molar-refractivity contribution in [3.8, 4) is 0 Å². The summed E-state index contributed by atoms with van der Waals surface area (Å²) in [7, 11) is 0. The van der Waals surface area contributed by atoms with Gasteiger partial charge in [-0.05, 0) is 37.4 Å². The smallest absolute Gasteiger partial charge is 0.249 e. The summed E-state index contributed by atoms with van der Waals surface area (Å²) in [5, 5.41) is 5.53. The monoisotopic (exact) mass is 318 g/mol. The fourth-order valence-electron chi connectivity index (χ4n) is 2.97. The van der Waals surface area contributed by atoms with Gasteiger partial charge in [0.1, 0.15) is 6.04 Å². The molecule has 0 aliphatic carbocycles. The number of benzene rings is 3. The van der Waals surface area contributed by atoms with Gasteiger partial charge in [-0.25, -0.2) is 0 Å². The van der Waals surface area contributed by atoms with Gasteiger partial charge in [-0.3, -0.25) is 4.79 Å². The average molecular weight is 318 g/mol. The van der Waals surface area contributed by atoms with E-state index in [4.69, 9.17) is 0 Å². The van der Waals surface area contributed by atoms with Gasteiger partial charge < -0.3 is 10.2 Å². The van der Waals surface area contributed by atoms with Crippen LogP contribution in [0.4, 0.5) is 11.4 Å². The second kappa shape index (κ2) is 7.18. The number of hydrogen-bond acceptors (Lipinski definition) is 2. The molecule has 0 fully saturated rings. The summed E-state index contributed by atoms with van der Waals surface area (Å²) in [5.41, 5.74) is 1.91. The minimum atomic E-state index is -0.300. The lowest BCUT2D eigenvalue weighted by Crippen LogP contribution is -2.41. The number of rotatable bonds is 5. The molecular weight excluding hydrogens is 296 g/mol. The zero-order valence-corrected chi connectivity index (χ0v) is 14.1. The minimum Gasteiger partial charge on any atom is -0.374 e. The van der Waals surface area contributed by atoms with Crippen LogP contribution in [0.2, 0.25) is 0 Å². The van der Waals surface area contributed by atoms with Crippen LogP contribution < -0.4 is 10.2 Å². The van der Waals surface area contributed by atoms with Gasteiger partial charge >= 0.3 is 0 Å². The van der Waals surface area contributed by atoms with E-state index in [-0.39, 0.29) is 11.9 Å². The summed E-state index contributed by atoms with van der Waals surface area (Å²) in [5.74, 6) is 0.0673. The molecule has 3 rings (SSSR count). The first-order valence-corrected chi connectivity index (χ1v) is 8.31. The Labute approximate surface area is 142 Å². The molecule has 0 bridgehead atoms. The van der Waals surface area contributed by atoms with E-state index in [0.29, 0.717) is 6.54 Å². The average Bonchev–Trinajstić information content (AvgIpc) is 2.63. The van der Waals surface area contributed by atoms with Crippen molar-refractivity contribution in [2.24, 2.45) is 0 Å². The van der Waals surface area contributed by atoms with Gasteiger partial charge in [-0.1, -0.05) is 54.6 Å². The van der Waals surface area contributed by atoms with Crippen molar-refractivity contribution in [1.29, 1.82) is 0 Å². The number of nitrogens with one attached hydrogen (secondary N) is 1. The molecule has 3 nitrogen and oxygen atoms in total. The van der Waals surface area contributed by atoms with Crippen molar-refractivity contribution in [2.45, 2.75) is 19.9 Å². The lowest BCUT2D eigenvalue weighted by atomic mass is 10.1. The molecule has 0 saturated heterocycles. The predicted octanol–water partition coefficient (Wildman–Crippen LogP) is 4.69. The first-order chi connectivity index (χ1) is 11.7. The summed E-state index contributed by atoms with van der Waals surface area (Å²) in [6.45, 7) is 4.55. The maximum Gasteiger partial charge on any atom is 0.249 e. The van der Waals surface area contributed by atoms with Crippen LogP contribution in [0.15, 0.2) is 72.8 Å². The van der Waals surface area contributed by atoms with Crippen LogP contribution in [-0.2, 0) is 4.79 Å². The molecule has 0 aliphatic rings. The van der Waals surface area contributed by atoms with Crippen molar-refractivity contribution in [3.05, 3.63) is 72.8 Å². The summed E-state index contributed by atoms with van der Waals surface area (Å²) in [6.07, 6.45) is 0. The maximum atomic E-state index is 13.0. The quantitative estimate of drug-likeness (QED) is 0.740. The van der Waals surface area contributed by atoms with Crippen molar-refractivity contribution < 1.29 is 4.79 Å². The van der Waals surface area contributed by atoms with Crippen LogP contribution >= 0.6 is 0 Å². The lowest BCUT2D eigenvalue weighted by molar-refractivity contribution is -0.118. The number of anilines is 2. The predicted molar refractivity (Wildman–Crippen MR) is 102 cm³/mol. The maximum absolute atomic E-state index is 13.0. The van der Waals surface area contributed by atoms with Crippen molar-refractivity contribution >= 4 is 28.1 Å². The minimum absolute atomic E-state index is 0.0673. The van der Waals surface area contributed by atoms with E-state index in [1.807, 2.05) is 73.3 Å². The third-order valence-corrected chi connectivity index (χ3v) is 4.17. The van der Waals surface area contributed by atoms with Crippen molar-refractivity contribution in [3.63, 3.8) is 0 Å². The Morgan fingerprint density at radius 3 is 2.38 bits per heavy atom. The second-order valence-corrected chi connectivity index (χ2v) is 5.81. The summed E-state index contributed by atoms with van der Waals surface area (Å²) < 4.78 is 0. The van der Waals surface area contributed by atoms with Gasteiger partial charge in [-0.15, -0.1) is 0 Å². The van der Waals surface area contributed by atoms with Crippen LogP contribution in [-0.4, -0.2) is 18.5 Å². The van der Waals surface area contributed by atoms with Crippen LogP contribution in [0.5, 0.6) is 0 Å². The second-order valence-electron chi connectivity index (χ2n) is 5.81. The molecule has 0 saturated carbocycles. The molecule has 1 atom stereocenters. The normalized spacial score (nSPS) is 11.9. The third-order valence-electron chi connectivity index (χ3n) is 4.17. The highest BCUT2D eigenvalue weighted by Crippen LogP contribution is 2.27. The standard InChI is InChI=1S/C21H22N2O/c1-3-23(20-15-9-11-17-10-7-8-14-19(17)20)21(24)16(2)22-18-12-5-4-6-13-18/h4-16,22H,3H2,1-2H3/t16-/m0/s1. The molecule has 0 spiro atoms. The molecule has 0 radical (unpaired) electrons. The van der Waals surface area contributed by atoms with Gasteiger partial charge in [0.25, 0.3) is 0 Å². The fraction of sp³-hybridized carbons (Fsp3) is 0.190. The van der Waals surface area contributed by atoms with Crippen LogP contribution in [0.1, 0.15) is 13.8 Å². The fourth-order valence-corrected chi connectivity index (χ4v) is 2.97. The number of carbonyl (C=O) groups is 1. The molecule has 0 aliphatic heterocycles. The summed E-state index contributed by atoms with van der Waals surface area (Å²) in [6, 6.07) is 23.8. The van der Waals surface area contributed by atoms with Gasteiger partial charge in [0.2, 0.25) is 5.91 Å². The van der Waals surface area contributed by atoms with Gasteiger partial charge in [0.05, 0.1) is 5.69 Å². The molecule has 3 heteroatoms. The molecular formula is C21H22N2O. The SMILES string of the molecule is CCN(C(=O)[C@H](C)Nc1ccccc1)c1cccc2ccccc12. The highest BCUT2D eigenvalue weighted by atomic mass is 16.2. The zero-order valence-electron chi connectivity index (χ0n) is 14.1. The first kappa shape index (κ1) is 16.1. The molecule has 3 aromatic carbocycles. The van der Waals surface area contributed by atoms with E-state index >= 15 is 0 Å². The topological polar surface area (TPSA) is 32.3 Å². The van der Waals surface area contributed by atoms with Crippen LogP contribution in [0.3, 0.4) is 0 Å².